The summed E-state index contributed by atoms with van der Waals surface area (Å²) >= 11 is 5.17. The second-order valence-electron chi connectivity index (χ2n) is 3.07. The van der Waals surface area contributed by atoms with Gasteiger partial charge in [0.15, 0.2) is 0 Å². The predicted octanol–water partition coefficient (Wildman–Crippen LogP) is 3.32. The summed E-state index contributed by atoms with van der Waals surface area (Å²) in [5.74, 6) is 0.658. The van der Waals surface area contributed by atoms with Gasteiger partial charge in [0.05, 0.1) is 10.6 Å². The SMILES string of the molecule is CNc1nc(C)cc(-c2sccc2Br)n1. The molecule has 78 valence electrons. The summed E-state index contributed by atoms with van der Waals surface area (Å²) < 4.78 is 1.08. The molecule has 0 amide bonds. The molecule has 0 saturated carbocycles. The summed E-state index contributed by atoms with van der Waals surface area (Å²) in [6, 6.07) is 4.01. The van der Waals surface area contributed by atoms with Crippen LogP contribution in [-0.4, -0.2) is 17.0 Å². The van der Waals surface area contributed by atoms with Crippen LogP contribution in [0, 0.1) is 6.92 Å². The fourth-order valence-electron chi connectivity index (χ4n) is 1.27. The fraction of sp³-hybridized carbons (Fsp3) is 0.200. The van der Waals surface area contributed by atoms with E-state index < -0.39 is 0 Å². The molecule has 0 saturated heterocycles. The second-order valence-corrected chi connectivity index (χ2v) is 4.84. The summed E-state index contributed by atoms with van der Waals surface area (Å²) in [5.41, 5.74) is 1.92. The molecule has 0 atom stereocenters. The van der Waals surface area contributed by atoms with Crippen LogP contribution >= 0.6 is 27.3 Å². The number of aromatic nitrogens is 2. The van der Waals surface area contributed by atoms with E-state index in [1.165, 1.54) is 0 Å². The zero-order valence-corrected chi connectivity index (χ0v) is 10.8. The van der Waals surface area contributed by atoms with Gasteiger partial charge in [-0.05, 0) is 40.4 Å². The Morgan fingerprint density at radius 1 is 1.40 bits per heavy atom. The lowest BCUT2D eigenvalue weighted by molar-refractivity contribution is 1.10. The third-order valence-corrected chi connectivity index (χ3v) is 3.79. The molecule has 5 heteroatoms. The first-order valence-electron chi connectivity index (χ1n) is 4.47. The number of nitrogens with one attached hydrogen (secondary N) is 1. The molecule has 0 aliphatic rings. The van der Waals surface area contributed by atoms with E-state index in [0.717, 1.165) is 20.7 Å². The number of thiophene rings is 1. The highest BCUT2D eigenvalue weighted by atomic mass is 79.9. The Bertz CT molecular complexity index is 481. The third-order valence-electron chi connectivity index (χ3n) is 1.93. The number of aryl methyl sites for hydroxylation is 1. The van der Waals surface area contributed by atoms with Crippen molar-refractivity contribution in [2.45, 2.75) is 6.92 Å². The fourth-order valence-corrected chi connectivity index (χ4v) is 2.81. The molecule has 15 heavy (non-hydrogen) atoms. The minimum atomic E-state index is 0.658. The Kier molecular flexibility index (Phi) is 3.02. The Hall–Kier alpha value is -0.940. The zero-order valence-electron chi connectivity index (χ0n) is 8.41. The standard InChI is InChI=1S/C10H10BrN3S/c1-6-5-8(14-10(12-2)13-6)9-7(11)3-4-15-9/h3-5H,1-2H3,(H,12,13,14). The highest BCUT2D eigenvalue weighted by molar-refractivity contribution is 9.10. The molecule has 0 radical (unpaired) electrons. The molecule has 1 N–H and O–H groups in total. The smallest absolute Gasteiger partial charge is 0.223 e. The van der Waals surface area contributed by atoms with Crippen molar-refractivity contribution in [2.75, 3.05) is 12.4 Å². The molecule has 0 unspecified atom stereocenters. The van der Waals surface area contributed by atoms with Crippen LogP contribution in [0.2, 0.25) is 0 Å². The molecule has 0 aliphatic carbocycles. The quantitative estimate of drug-likeness (QED) is 0.919. The Balaban J connectivity index is 2.53. The van der Waals surface area contributed by atoms with E-state index in [4.69, 9.17) is 0 Å². The van der Waals surface area contributed by atoms with Crippen LogP contribution in [0.4, 0.5) is 5.95 Å². The second kappa shape index (κ2) is 4.28. The zero-order chi connectivity index (χ0) is 10.8. The summed E-state index contributed by atoms with van der Waals surface area (Å²) in [6.45, 7) is 1.97. The lowest BCUT2D eigenvalue weighted by Crippen LogP contribution is -1.98. The molecule has 0 fully saturated rings. The molecular weight excluding hydrogens is 274 g/mol. The molecule has 2 aromatic heterocycles. The van der Waals surface area contributed by atoms with Crippen molar-refractivity contribution in [3.05, 3.63) is 27.7 Å². The number of hydrogen-bond acceptors (Lipinski definition) is 4. The van der Waals surface area contributed by atoms with Gasteiger partial charge in [0, 0.05) is 17.2 Å². The number of halogens is 1. The lowest BCUT2D eigenvalue weighted by Gasteiger charge is -2.03. The van der Waals surface area contributed by atoms with Crippen LogP contribution < -0.4 is 5.32 Å². The van der Waals surface area contributed by atoms with Crippen molar-refractivity contribution < 1.29 is 0 Å². The van der Waals surface area contributed by atoms with Gasteiger partial charge in [-0.2, -0.15) is 0 Å². The van der Waals surface area contributed by atoms with Gasteiger partial charge >= 0.3 is 0 Å². The van der Waals surface area contributed by atoms with Crippen molar-refractivity contribution in [1.82, 2.24) is 9.97 Å². The molecule has 0 spiro atoms. The average Bonchev–Trinajstić information content (AvgIpc) is 2.63. The van der Waals surface area contributed by atoms with Crippen molar-refractivity contribution in [3.63, 3.8) is 0 Å². The molecular formula is C10H10BrN3S. The van der Waals surface area contributed by atoms with Gasteiger partial charge in [-0.3, -0.25) is 0 Å². The van der Waals surface area contributed by atoms with E-state index in [1.807, 2.05) is 31.5 Å². The van der Waals surface area contributed by atoms with Gasteiger partial charge in [-0.25, -0.2) is 9.97 Å². The molecule has 0 bridgehead atoms. The summed E-state index contributed by atoms with van der Waals surface area (Å²) in [5, 5.41) is 4.99. The van der Waals surface area contributed by atoms with Gasteiger partial charge in [-0.15, -0.1) is 11.3 Å². The Morgan fingerprint density at radius 3 is 2.80 bits per heavy atom. The van der Waals surface area contributed by atoms with Crippen molar-refractivity contribution >= 4 is 33.2 Å². The van der Waals surface area contributed by atoms with Crippen LogP contribution in [0.25, 0.3) is 10.6 Å². The molecule has 0 aromatic carbocycles. The first-order valence-corrected chi connectivity index (χ1v) is 6.15. The lowest BCUT2D eigenvalue weighted by atomic mass is 10.3. The van der Waals surface area contributed by atoms with Gasteiger partial charge in [-0.1, -0.05) is 0 Å². The van der Waals surface area contributed by atoms with Crippen molar-refractivity contribution in [3.8, 4) is 10.6 Å². The van der Waals surface area contributed by atoms with Crippen LogP contribution in [0.3, 0.4) is 0 Å². The molecule has 2 aromatic rings. The van der Waals surface area contributed by atoms with E-state index in [0.29, 0.717) is 5.95 Å². The molecule has 0 aliphatic heterocycles. The maximum absolute atomic E-state index is 4.41. The van der Waals surface area contributed by atoms with E-state index in [2.05, 4.69) is 31.2 Å². The predicted molar refractivity (Wildman–Crippen MR) is 67.3 cm³/mol. The summed E-state index contributed by atoms with van der Waals surface area (Å²) in [7, 11) is 1.82. The summed E-state index contributed by atoms with van der Waals surface area (Å²) in [6.07, 6.45) is 0. The molecule has 2 heterocycles. The third kappa shape index (κ3) is 2.18. The van der Waals surface area contributed by atoms with Crippen LogP contribution in [0.5, 0.6) is 0 Å². The van der Waals surface area contributed by atoms with E-state index in [-0.39, 0.29) is 0 Å². The van der Waals surface area contributed by atoms with E-state index in [9.17, 15) is 0 Å². The normalized spacial score (nSPS) is 10.3. The minimum absolute atomic E-state index is 0.658. The first kappa shape index (κ1) is 10.6. The Morgan fingerprint density at radius 2 is 2.20 bits per heavy atom. The number of anilines is 1. The number of nitrogens with zero attached hydrogens (tertiary/aromatic N) is 2. The molecule has 3 nitrogen and oxygen atoms in total. The van der Waals surface area contributed by atoms with Crippen LogP contribution in [-0.2, 0) is 0 Å². The van der Waals surface area contributed by atoms with Crippen molar-refractivity contribution in [1.29, 1.82) is 0 Å². The largest absolute Gasteiger partial charge is 0.357 e. The van der Waals surface area contributed by atoms with Crippen LogP contribution in [0.15, 0.2) is 22.0 Å². The number of rotatable bonds is 2. The monoisotopic (exact) mass is 283 g/mol. The van der Waals surface area contributed by atoms with Gasteiger partial charge in [0.25, 0.3) is 0 Å². The topological polar surface area (TPSA) is 37.8 Å². The summed E-state index contributed by atoms with van der Waals surface area (Å²) in [4.78, 5) is 9.81. The van der Waals surface area contributed by atoms with E-state index >= 15 is 0 Å². The van der Waals surface area contributed by atoms with Gasteiger partial charge in [0.2, 0.25) is 5.95 Å². The van der Waals surface area contributed by atoms with Crippen LogP contribution in [0.1, 0.15) is 5.69 Å². The maximum Gasteiger partial charge on any atom is 0.223 e. The van der Waals surface area contributed by atoms with Gasteiger partial charge < -0.3 is 5.32 Å². The number of hydrogen-bond donors (Lipinski definition) is 1. The molecule has 2 rings (SSSR count). The van der Waals surface area contributed by atoms with Gasteiger partial charge in [0.1, 0.15) is 0 Å². The maximum atomic E-state index is 4.41. The van der Waals surface area contributed by atoms with Crippen molar-refractivity contribution in [2.24, 2.45) is 0 Å². The minimum Gasteiger partial charge on any atom is -0.357 e. The highest BCUT2D eigenvalue weighted by Gasteiger charge is 2.08. The first-order chi connectivity index (χ1) is 7.20. The highest BCUT2D eigenvalue weighted by Crippen LogP contribution is 2.32. The van der Waals surface area contributed by atoms with E-state index in [1.54, 1.807) is 11.3 Å². The Labute approximate surface area is 101 Å². The average molecular weight is 284 g/mol.